The number of nitrogens with zero attached hydrogens (tertiary/aromatic N) is 2. The Morgan fingerprint density at radius 2 is 1.05 bits per heavy atom. The largest absolute Gasteiger partial charge is 0.386 e. The Morgan fingerprint density at radius 1 is 0.638 bits per heavy atom. The van der Waals surface area contributed by atoms with Gasteiger partial charge in [-0.15, -0.1) is 5.16 Å². The highest BCUT2D eigenvalue weighted by molar-refractivity contribution is 5.97. The smallest absolute Gasteiger partial charge is 0.262 e. The third-order valence-corrected chi connectivity index (χ3v) is 8.12. The molecule has 2 N–H and O–H groups in total. The van der Waals surface area contributed by atoms with Crippen LogP contribution in [0.4, 0.5) is 5.69 Å². The van der Waals surface area contributed by atoms with E-state index in [0.717, 1.165) is 24.1 Å². The zero-order valence-corrected chi connectivity index (χ0v) is 34.4. The number of rotatable bonds is 39. The van der Waals surface area contributed by atoms with E-state index in [-0.39, 0.29) is 37.1 Å². The maximum absolute atomic E-state index is 12.6. The van der Waals surface area contributed by atoms with Gasteiger partial charge in [-0.25, -0.2) is 0 Å². The predicted octanol–water partition coefficient (Wildman–Crippen LogP) is 0.993. The van der Waals surface area contributed by atoms with Gasteiger partial charge in [0.25, 0.3) is 11.8 Å². The number of nitrogens with one attached hydrogen (secondary N) is 2. The van der Waals surface area contributed by atoms with E-state index in [4.69, 9.17) is 52.1 Å². The first-order valence-corrected chi connectivity index (χ1v) is 19.8. The highest BCUT2D eigenvalue weighted by atomic mass is 16.6. The molecule has 2 rings (SSSR count). The van der Waals surface area contributed by atoms with Crippen molar-refractivity contribution in [1.82, 2.24) is 10.6 Å². The summed E-state index contributed by atoms with van der Waals surface area (Å²) < 4.78 is 60.0. The third-order valence-electron chi connectivity index (χ3n) is 8.12. The molecule has 58 heavy (non-hydrogen) atoms. The lowest BCUT2D eigenvalue weighted by atomic mass is 9.94. The van der Waals surface area contributed by atoms with Crippen LogP contribution < -0.4 is 15.5 Å². The van der Waals surface area contributed by atoms with E-state index in [9.17, 15) is 14.4 Å². The first-order valence-electron chi connectivity index (χ1n) is 19.8. The van der Waals surface area contributed by atoms with Crippen molar-refractivity contribution in [1.29, 1.82) is 0 Å². The fourth-order valence-corrected chi connectivity index (χ4v) is 5.27. The van der Waals surface area contributed by atoms with Gasteiger partial charge in [0.05, 0.1) is 139 Å². The Kier molecular flexibility index (Phi) is 31.2. The number of carbonyl (C=O) groups is 3. The number of ether oxygens (including phenoxy) is 11. The second kappa shape index (κ2) is 35.6. The number of aryl methyl sites for hydroxylation is 1. The summed E-state index contributed by atoms with van der Waals surface area (Å²) in [5.74, 6) is -0.495. The number of anilines is 1. The second-order valence-corrected chi connectivity index (χ2v) is 12.6. The predicted molar refractivity (Wildman–Crippen MR) is 212 cm³/mol. The third kappa shape index (κ3) is 25.9. The number of hydrogen-bond acceptors (Lipinski definition) is 16. The highest BCUT2D eigenvalue weighted by Crippen LogP contribution is 2.31. The van der Waals surface area contributed by atoms with Crippen molar-refractivity contribution in [2.45, 2.75) is 32.7 Å². The molecule has 1 aromatic carbocycles. The summed E-state index contributed by atoms with van der Waals surface area (Å²) in [5.41, 5.74) is 2.49. The monoisotopic (exact) mass is 830 g/mol. The Hall–Kier alpha value is -3.34. The summed E-state index contributed by atoms with van der Waals surface area (Å²) >= 11 is 0. The summed E-state index contributed by atoms with van der Waals surface area (Å²) in [6, 6.07) is 5.65. The zero-order valence-electron chi connectivity index (χ0n) is 34.4. The van der Waals surface area contributed by atoms with Gasteiger partial charge in [-0.1, -0.05) is 0 Å². The van der Waals surface area contributed by atoms with Crippen LogP contribution in [-0.4, -0.2) is 189 Å². The van der Waals surface area contributed by atoms with E-state index in [1.165, 1.54) is 0 Å². The summed E-state index contributed by atoms with van der Waals surface area (Å²) in [6.07, 6.45) is 1.72. The molecular weight excluding hydrogens is 764 g/mol. The second-order valence-electron chi connectivity index (χ2n) is 12.6. The highest BCUT2D eigenvalue weighted by Gasteiger charge is 2.26. The Balaban J connectivity index is 1.21. The van der Waals surface area contributed by atoms with Crippen molar-refractivity contribution in [3.8, 4) is 0 Å². The number of carbonyl (C=O) groups excluding carboxylic acids is 3. The van der Waals surface area contributed by atoms with Gasteiger partial charge in [0.2, 0.25) is 5.91 Å². The SMILES string of the molecule is C=NOCC(=O)NCOCCOCCOCCOCCOCCOCCOCCOCCOCCOCCOCCNC(=O)c1ccc2c(c1)CC[C@H](C)N2C(C)=O. The zero-order chi connectivity index (χ0) is 41.7. The van der Waals surface area contributed by atoms with Gasteiger partial charge < -0.3 is 72.5 Å². The van der Waals surface area contributed by atoms with Gasteiger partial charge in [0.1, 0.15) is 6.73 Å². The maximum Gasteiger partial charge on any atom is 0.262 e. The van der Waals surface area contributed by atoms with Crippen LogP contribution in [0.2, 0.25) is 0 Å². The molecule has 332 valence electrons. The molecule has 1 aliphatic heterocycles. The van der Waals surface area contributed by atoms with Crippen molar-refractivity contribution < 1.29 is 71.3 Å². The number of hydrogen-bond donors (Lipinski definition) is 2. The molecule has 0 bridgehead atoms. The normalized spacial score (nSPS) is 13.6. The molecule has 0 unspecified atom stereocenters. The molecule has 0 saturated carbocycles. The maximum atomic E-state index is 12.6. The number of amides is 3. The molecule has 0 fully saturated rings. The lowest BCUT2D eigenvalue weighted by molar-refractivity contribution is -0.127. The molecule has 0 saturated heterocycles. The Morgan fingerprint density at radius 3 is 1.47 bits per heavy atom. The number of benzene rings is 1. The molecule has 19 nitrogen and oxygen atoms in total. The van der Waals surface area contributed by atoms with E-state index in [1.54, 1.807) is 17.9 Å². The van der Waals surface area contributed by atoms with Crippen molar-refractivity contribution in [3.05, 3.63) is 29.3 Å². The molecule has 0 aromatic heterocycles. The average molecular weight is 831 g/mol. The first kappa shape index (κ1) is 50.8. The van der Waals surface area contributed by atoms with E-state index >= 15 is 0 Å². The van der Waals surface area contributed by atoms with Crippen LogP contribution in [-0.2, 0) is 73.0 Å². The molecule has 1 heterocycles. The van der Waals surface area contributed by atoms with E-state index in [1.807, 2.05) is 19.1 Å². The molecule has 0 aliphatic carbocycles. The number of fused-ring (bicyclic) bond motifs is 1. The first-order chi connectivity index (χ1) is 28.4. The van der Waals surface area contributed by atoms with Gasteiger partial charge in [-0.05, 0) is 43.5 Å². The molecule has 19 heteroatoms. The minimum absolute atomic E-state index is 0.0128. The minimum atomic E-state index is -0.345. The van der Waals surface area contributed by atoms with E-state index < -0.39 is 0 Å². The van der Waals surface area contributed by atoms with E-state index in [2.05, 4.69) is 27.3 Å². The summed E-state index contributed by atoms with van der Waals surface area (Å²) in [7, 11) is 0. The van der Waals surface area contributed by atoms with Crippen LogP contribution in [0.25, 0.3) is 0 Å². The molecule has 1 aromatic rings. The molecule has 0 spiro atoms. The molecule has 1 aliphatic rings. The summed E-state index contributed by atoms with van der Waals surface area (Å²) in [4.78, 5) is 42.2. The minimum Gasteiger partial charge on any atom is -0.386 e. The van der Waals surface area contributed by atoms with Crippen LogP contribution in [0, 0.1) is 0 Å². The topological polar surface area (TPSA) is 202 Å². The standard InChI is InChI=1S/C39H66N4O15/c1-33-4-5-35-30-36(6-7-37(35)43(33)34(2)44)39(46)41-8-9-47-10-11-48-12-13-49-14-15-50-16-17-51-18-19-52-20-21-53-22-23-54-24-25-55-26-27-56-28-29-57-32-42-38(45)31-58-40-3/h6-7,30,33H,3-5,8-29,31-32H2,1-2H3,(H,41,46)(H,42,45)/t33-/m0/s1. The molecular formula is C39H66N4O15. The molecule has 1 atom stereocenters. The van der Waals surface area contributed by atoms with Crippen molar-refractivity contribution >= 4 is 30.1 Å². The summed E-state index contributed by atoms with van der Waals surface area (Å²) in [5, 5.41) is 8.49. The van der Waals surface area contributed by atoms with Gasteiger partial charge >= 0.3 is 0 Å². The van der Waals surface area contributed by atoms with Crippen LogP contribution in [0.15, 0.2) is 23.4 Å². The summed E-state index contributed by atoms with van der Waals surface area (Å²) in [6.45, 7) is 16.3. The van der Waals surface area contributed by atoms with Gasteiger partial charge in [0, 0.05) is 37.5 Å². The van der Waals surface area contributed by atoms with Crippen LogP contribution in [0.5, 0.6) is 0 Å². The Labute approximate surface area is 342 Å². The average Bonchev–Trinajstić information content (AvgIpc) is 3.22. The fourth-order valence-electron chi connectivity index (χ4n) is 5.27. The van der Waals surface area contributed by atoms with Crippen LogP contribution in [0.1, 0.15) is 36.2 Å². The Bertz CT molecular complexity index is 1230. The lowest BCUT2D eigenvalue weighted by Gasteiger charge is -2.34. The van der Waals surface area contributed by atoms with Crippen LogP contribution >= 0.6 is 0 Å². The number of oxime groups is 1. The fraction of sp³-hybridized carbons (Fsp3) is 0.744. The quantitative estimate of drug-likeness (QED) is 0.0412. The van der Waals surface area contributed by atoms with Crippen molar-refractivity contribution in [2.24, 2.45) is 5.16 Å². The van der Waals surface area contributed by atoms with Gasteiger partial charge in [-0.2, -0.15) is 0 Å². The van der Waals surface area contributed by atoms with Gasteiger partial charge in [-0.3, -0.25) is 14.4 Å². The van der Waals surface area contributed by atoms with Gasteiger partial charge in [0.15, 0.2) is 6.61 Å². The molecule has 3 amide bonds. The lowest BCUT2D eigenvalue weighted by Crippen LogP contribution is -2.40. The van der Waals surface area contributed by atoms with Crippen molar-refractivity contribution in [2.75, 3.05) is 164 Å². The van der Waals surface area contributed by atoms with E-state index in [0.29, 0.717) is 151 Å². The molecule has 0 radical (unpaired) electrons. The van der Waals surface area contributed by atoms with Crippen molar-refractivity contribution in [3.63, 3.8) is 0 Å². The van der Waals surface area contributed by atoms with Crippen LogP contribution in [0.3, 0.4) is 0 Å².